The van der Waals surface area contributed by atoms with Gasteiger partial charge in [-0.2, -0.15) is 0 Å². The third-order valence-electron chi connectivity index (χ3n) is 4.76. The minimum absolute atomic E-state index is 0.239. The van der Waals surface area contributed by atoms with Crippen LogP contribution in [0, 0.1) is 17.5 Å². The molecule has 0 atom stereocenters. The fraction of sp³-hybridized carbons (Fsp3) is 0.308. The van der Waals surface area contributed by atoms with E-state index in [1.807, 2.05) is 0 Å². The van der Waals surface area contributed by atoms with Crippen molar-refractivity contribution in [1.29, 1.82) is 0 Å². The number of benzene rings is 3. The van der Waals surface area contributed by atoms with Gasteiger partial charge in [0.1, 0.15) is 17.5 Å². The smallest absolute Gasteiger partial charge is 0.127 e. The van der Waals surface area contributed by atoms with Crippen LogP contribution >= 0.6 is 0 Å². The molecule has 31 heavy (non-hydrogen) atoms. The fourth-order valence-electron chi connectivity index (χ4n) is 3.63. The molecule has 0 heterocycles. The van der Waals surface area contributed by atoms with Crippen LogP contribution in [0.1, 0.15) is 29.5 Å². The van der Waals surface area contributed by atoms with Gasteiger partial charge in [0.25, 0.3) is 0 Å². The predicted octanol–water partition coefficient (Wildman–Crippen LogP) is 6.13. The van der Waals surface area contributed by atoms with E-state index >= 15 is 0 Å². The van der Waals surface area contributed by atoms with Crippen LogP contribution in [0.2, 0.25) is 6.32 Å². The summed E-state index contributed by atoms with van der Waals surface area (Å²) in [5.74, 6) is -1.51. The van der Waals surface area contributed by atoms with Crippen molar-refractivity contribution in [1.82, 2.24) is 0 Å². The Balaban J connectivity index is 0.000000614. The third-order valence-corrected chi connectivity index (χ3v) is 4.76. The van der Waals surface area contributed by atoms with E-state index in [-0.39, 0.29) is 23.1 Å². The Hall–Kier alpha value is -2.53. The molecule has 0 unspecified atom stereocenters. The zero-order valence-electron chi connectivity index (χ0n) is 18.7. The van der Waals surface area contributed by atoms with E-state index in [1.54, 1.807) is 54.6 Å². The van der Waals surface area contributed by atoms with E-state index in [4.69, 9.17) is 7.85 Å². The Bertz CT molecular complexity index is 865. The summed E-state index contributed by atoms with van der Waals surface area (Å²) in [6, 6.07) is 18.4. The first kappa shape index (κ1) is 24.7. The van der Waals surface area contributed by atoms with Gasteiger partial charge in [-0.25, -0.2) is 13.2 Å². The van der Waals surface area contributed by atoms with Gasteiger partial charge in [-0.05, 0) is 24.6 Å². The molecule has 0 N–H and O–H groups in total. The van der Waals surface area contributed by atoms with E-state index in [0.29, 0.717) is 12.7 Å². The van der Waals surface area contributed by atoms with Gasteiger partial charge in [-0.3, -0.25) is 6.32 Å². The van der Waals surface area contributed by atoms with Gasteiger partial charge in [0.15, 0.2) is 0 Å². The number of halogens is 3. The molecule has 0 aromatic heterocycles. The Labute approximate surface area is 185 Å². The molecule has 3 aromatic carbocycles. The van der Waals surface area contributed by atoms with Crippen molar-refractivity contribution in [2.75, 3.05) is 28.2 Å². The van der Waals surface area contributed by atoms with Crippen LogP contribution in [0.5, 0.6) is 0 Å². The van der Waals surface area contributed by atoms with Crippen molar-refractivity contribution in [3.63, 3.8) is 0 Å². The Morgan fingerprint density at radius 1 is 0.645 bits per heavy atom. The molecule has 3 radical (unpaired) electrons. The summed E-state index contributed by atoms with van der Waals surface area (Å²) in [5, 5.41) is 0. The first-order valence-corrected chi connectivity index (χ1v) is 10.3. The summed E-state index contributed by atoms with van der Waals surface area (Å²) in [4.78, 5) is 0. The molecular formula is C26H30BF3N. The average molecular weight is 424 g/mol. The fourth-order valence-corrected chi connectivity index (χ4v) is 3.63. The Kier molecular flexibility index (Phi) is 8.52. The molecule has 0 bridgehead atoms. The molecule has 1 nitrogen and oxygen atoms in total. The van der Waals surface area contributed by atoms with E-state index in [9.17, 15) is 13.2 Å². The van der Waals surface area contributed by atoms with Crippen molar-refractivity contribution in [3.05, 3.63) is 107 Å². The van der Waals surface area contributed by atoms with Crippen molar-refractivity contribution in [2.45, 2.75) is 24.6 Å². The van der Waals surface area contributed by atoms with Gasteiger partial charge in [0.05, 0.1) is 33.6 Å². The Morgan fingerprint density at radius 2 is 0.935 bits per heavy atom. The van der Waals surface area contributed by atoms with Gasteiger partial charge in [-0.1, -0.05) is 61.0 Å². The lowest BCUT2D eigenvalue weighted by molar-refractivity contribution is -0.849. The van der Waals surface area contributed by atoms with E-state index in [1.165, 1.54) is 18.2 Å². The molecule has 0 amide bonds. The molecule has 0 aliphatic carbocycles. The molecule has 0 aliphatic heterocycles. The van der Waals surface area contributed by atoms with Gasteiger partial charge >= 0.3 is 0 Å². The summed E-state index contributed by atoms with van der Waals surface area (Å²) in [5.41, 5.74) is -0.586. The van der Waals surface area contributed by atoms with E-state index in [0.717, 1.165) is 4.48 Å². The van der Waals surface area contributed by atoms with Crippen molar-refractivity contribution in [3.8, 4) is 0 Å². The lowest BCUT2D eigenvalue weighted by Gasteiger charge is -2.37. The van der Waals surface area contributed by atoms with Crippen molar-refractivity contribution >= 4 is 7.85 Å². The van der Waals surface area contributed by atoms with Gasteiger partial charge in [-0.15, -0.1) is 0 Å². The highest BCUT2D eigenvalue weighted by molar-refractivity contribution is 6.08. The summed E-state index contributed by atoms with van der Waals surface area (Å²) in [7, 11) is 14.2. The highest BCUT2D eigenvalue weighted by Crippen LogP contribution is 2.46. The number of rotatable bonds is 6. The monoisotopic (exact) mass is 424 g/mol. The van der Waals surface area contributed by atoms with Gasteiger partial charge in [0.2, 0.25) is 0 Å². The highest BCUT2D eigenvalue weighted by Gasteiger charge is 2.41. The number of hydrogen-bond acceptors (Lipinski definition) is 0. The maximum absolute atomic E-state index is 14.9. The lowest BCUT2D eigenvalue weighted by atomic mass is 9.65. The zero-order valence-corrected chi connectivity index (χ0v) is 18.7. The normalized spacial score (nSPS) is 11.6. The highest BCUT2D eigenvalue weighted by atomic mass is 19.1. The molecule has 0 saturated heterocycles. The molecule has 163 valence electrons. The van der Waals surface area contributed by atoms with Crippen molar-refractivity contribution < 1.29 is 17.7 Å². The molecule has 0 aliphatic rings. The van der Waals surface area contributed by atoms with Crippen LogP contribution in [0.3, 0.4) is 0 Å². The minimum atomic E-state index is -1.30. The first-order chi connectivity index (χ1) is 14.6. The SMILES string of the molecule is C[N+](C)(C)C.[B-]CCCC(c1ccccc1F)(c1ccccc1F)c1ccccc1F. The van der Waals surface area contributed by atoms with Crippen molar-refractivity contribution in [2.24, 2.45) is 0 Å². The van der Waals surface area contributed by atoms with Crippen LogP contribution in [-0.4, -0.2) is 40.5 Å². The predicted molar refractivity (Wildman–Crippen MR) is 123 cm³/mol. The Morgan fingerprint density at radius 3 is 1.19 bits per heavy atom. The summed E-state index contributed by atoms with van der Waals surface area (Å²) in [6.45, 7) is 0. The number of nitrogens with zero attached hydrogens (tertiary/aromatic N) is 1. The second-order valence-electron chi connectivity index (χ2n) is 8.92. The van der Waals surface area contributed by atoms with Crippen LogP contribution in [-0.2, 0) is 5.41 Å². The second kappa shape index (κ2) is 10.7. The molecule has 3 rings (SSSR count). The van der Waals surface area contributed by atoms with Crippen LogP contribution in [0.25, 0.3) is 0 Å². The first-order valence-electron chi connectivity index (χ1n) is 10.3. The molecule has 5 heteroatoms. The topological polar surface area (TPSA) is 0 Å². The summed E-state index contributed by atoms with van der Waals surface area (Å²) >= 11 is 0. The standard InChI is InChI=1S/C22H18BF3.C4H12N/c23-15-7-14-22(16-8-1-4-11-19(16)24,17-9-2-5-12-20(17)25)18-10-3-6-13-21(18)26;1-5(2,3)4/h1-6,8-13H,7,14-15H2;1-4H3/q-1;+1. The number of hydrogen-bond donors (Lipinski definition) is 0. The average Bonchev–Trinajstić information content (AvgIpc) is 2.70. The van der Waals surface area contributed by atoms with Crippen LogP contribution < -0.4 is 0 Å². The molecule has 0 saturated carbocycles. The summed E-state index contributed by atoms with van der Waals surface area (Å²) < 4.78 is 45.6. The lowest BCUT2D eigenvalue weighted by Crippen LogP contribution is -2.33. The maximum Gasteiger partial charge on any atom is 0.127 e. The third kappa shape index (κ3) is 6.24. The van der Waals surface area contributed by atoms with Crippen LogP contribution in [0.15, 0.2) is 72.8 Å². The molecule has 0 spiro atoms. The number of quaternary nitrogens is 1. The second-order valence-corrected chi connectivity index (χ2v) is 8.92. The zero-order chi connectivity index (χ0) is 23.1. The molecular weight excluding hydrogens is 394 g/mol. The van der Waals surface area contributed by atoms with E-state index in [2.05, 4.69) is 28.2 Å². The quantitative estimate of drug-likeness (QED) is 0.254. The van der Waals surface area contributed by atoms with Gasteiger partial charge < -0.3 is 12.3 Å². The molecule has 3 aromatic rings. The summed E-state index contributed by atoms with van der Waals surface area (Å²) in [6.07, 6.45) is 1.10. The molecule has 0 fully saturated rings. The maximum atomic E-state index is 14.9. The largest absolute Gasteiger partial charge is 0.626 e. The van der Waals surface area contributed by atoms with E-state index < -0.39 is 22.9 Å². The minimum Gasteiger partial charge on any atom is -0.626 e. The van der Waals surface area contributed by atoms with Gasteiger partial charge in [0, 0.05) is 16.7 Å². The van der Waals surface area contributed by atoms with Crippen LogP contribution in [0.4, 0.5) is 13.2 Å².